The Kier molecular flexibility index (Phi) is 5.21. The smallest absolute Gasteiger partial charge is 0.348 e. The first-order valence-electron chi connectivity index (χ1n) is 6.10. The molecule has 7 nitrogen and oxygen atoms in total. The number of alkyl halides is 2. The molecule has 1 aliphatic rings. The van der Waals surface area contributed by atoms with Gasteiger partial charge in [-0.2, -0.15) is 8.78 Å². The molecule has 21 heavy (non-hydrogen) atoms. The Labute approximate surface area is 119 Å². The predicted octanol–water partition coefficient (Wildman–Crippen LogP) is 0.793. The van der Waals surface area contributed by atoms with Gasteiger partial charge in [0.1, 0.15) is 6.10 Å². The Morgan fingerprint density at radius 3 is 1.86 bits per heavy atom. The zero-order valence-electron chi connectivity index (χ0n) is 11.9. The van der Waals surface area contributed by atoms with Crippen molar-refractivity contribution in [3.05, 3.63) is 0 Å². The first-order chi connectivity index (χ1) is 9.55. The largest absolute Gasteiger partial charge is 0.456 e. The van der Waals surface area contributed by atoms with Gasteiger partial charge in [0.2, 0.25) is 6.10 Å². The first kappa shape index (κ1) is 17.3. The van der Waals surface area contributed by atoms with E-state index in [0.717, 1.165) is 20.8 Å². The second kappa shape index (κ2) is 6.33. The summed E-state index contributed by atoms with van der Waals surface area (Å²) in [7, 11) is 0. The molecule has 9 heteroatoms. The number of rotatable bonds is 3. The van der Waals surface area contributed by atoms with Crippen molar-refractivity contribution in [3.63, 3.8) is 0 Å². The first-order valence-corrected chi connectivity index (χ1v) is 6.10. The molecule has 0 N–H and O–H groups in total. The average molecular weight is 310 g/mol. The summed E-state index contributed by atoms with van der Waals surface area (Å²) in [5.41, 5.74) is 0. The third-order valence-electron chi connectivity index (χ3n) is 2.66. The van der Waals surface area contributed by atoms with Crippen molar-refractivity contribution in [2.75, 3.05) is 0 Å². The molecule has 0 spiro atoms. The topological polar surface area (TPSA) is 88.1 Å². The molecular formula is C12H16F2O7. The van der Waals surface area contributed by atoms with Gasteiger partial charge in [0.05, 0.1) is 0 Å². The van der Waals surface area contributed by atoms with Crippen LogP contribution in [0.3, 0.4) is 0 Å². The summed E-state index contributed by atoms with van der Waals surface area (Å²) in [6, 6.07) is 0. The molecule has 1 saturated heterocycles. The highest BCUT2D eigenvalue weighted by Gasteiger charge is 2.62. The lowest BCUT2D eigenvalue weighted by Gasteiger charge is -2.43. The van der Waals surface area contributed by atoms with Crippen LogP contribution in [0.4, 0.5) is 8.78 Å². The maximum atomic E-state index is 14.3. The van der Waals surface area contributed by atoms with Crippen molar-refractivity contribution in [1.82, 2.24) is 0 Å². The van der Waals surface area contributed by atoms with Crippen molar-refractivity contribution in [1.29, 1.82) is 0 Å². The molecule has 0 saturated carbocycles. The number of carbonyl (C=O) groups excluding carboxylic acids is 3. The van der Waals surface area contributed by atoms with Crippen LogP contribution in [0.2, 0.25) is 0 Å². The third kappa shape index (κ3) is 4.10. The normalized spacial score (nSPS) is 31.1. The summed E-state index contributed by atoms with van der Waals surface area (Å²) in [6.07, 6.45) is -6.94. The van der Waals surface area contributed by atoms with Crippen molar-refractivity contribution in [2.45, 2.75) is 58.2 Å². The molecule has 1 heterocycles. The number of carbonyl (C=O) groups is 3. The average Bonchev–Trinajstić information content (AvgIpc) is 2.29. The molecule has 0 radical (unpaired) electrons. The summed E-state index contributed by atoms with van der Waals surface area (Å²) < 4.78 is 47.1. The summed E-state index contributed by atoms with van der Waals surface area (Å²) in [4.78, 5) is 32.9. The molecule has 0 aromatic carbocycles. The van der Waals surface area contributed by atoms with E-state index in [1.807, 2.05) is 0 Å². The van der Waals surface area contributed by atoms with Gasteiger partial charge in [0.15, 0.2) is 6.10 Å². The minimum absolute atomic E-state index is 0.839. The van der Waals surface area contributed by atoms with Crippen molar-refractivity contribution in [2.24, 2.45) is 0 Å². The van der Waals surface area contributed by atoms with E-state index in [1.54, 1.807) is 0 Å². The molecule has 0 aromatic rings. The Balaban J connectivity index is 3.10. The third-order valence-corrected chi connectivity index (χ3v) is 2.66. The fourth-order valence-corrected chi connectivity index (χ4v) is 1.89. The fourth-order valence-electron chi connectivity index (χ4n) is 1.89. The van der Waals surface area contributed by atoms with Crippen LogP contribution in [0, 0.1) is 0 Å². The minimum atomic E-state index is -3.87. The highest BCUT2D eigenvalue weighted by atomic mass is 19.3. The summed E-state index contributed by atoms with van der Waals surface area (Å²) >= 11 is 0. The monoisotopic (exact) mass is 310 g/mol. The maximum Gasteiger partial charge on any atom is 0.348 e. The number of hydrogen-bond acceptors (Lipinski definition) is 7. The van der Waals surface area contributed by atoms with Gasteiger partial charge in [-0.15, -0.1) is 0 Å². The van der Waals surface area contributed by atoms with Crippen molar-refractivity contribution < 1.29 is 42.1 Å². The van der Waals surface area contributed by atoms with Crippen LogP contribution in [0.15, 0.2) is 0 Å². The van der Waals surface area contributed by atoms with Crippen LogP contribution in [0.25, 0.3) is 0 Å². The van der Waals surface area contributed by atoms with E-state index in [0.29, 0.717) is 0 Å². The van der Waals surface area contributed by atoms with Crippen LogP contribution in [-0.4, -0.2) is 48.4 Å². The molecule has 1 fully saturated rings. The quantitative estimate of drug-likeness (QED) is 0.562. The summed E-state index contributed by atoms with van der Waals surface area (Å²) in [5, 5.41) is 0. The molecule has 0 amide bonds. The van der Waals surface area contributed by atoms with Crippen LogP contribution in [-0.2, 0) is 33.3 Å². The Hall–Kier alpha value is -1.77. The molecule has 1 aliphatic heterocycles. The number of ether oxygens (including phenoxy) is 4. The molecular weight excluding hydrogens is 294 g/mol. The second-order valence-electron chi connectivity index (χ2n) is 4.56. The van der Waals surface area contributed by atoms with E-state index in [-0.39, 0.29) is 0 Å². The van der Waals surface area contributed by atoms with Crippen molar-refractivity contribution in [3.8, 4) is 0 Å². The highest BCUT2D eigenvalue weighted by Crippen LogP contribution is 2.38. The standard InChI is InChI=1S/C12H16F2O7/c1-5-9(19-6(2)15)10(20-7(3)16)12(13,14)11(18-5)21-8(4)17/h5,9-11H,1-4H3/t5-,9+,10+,11-/m0/s1. The van der Waals surface area contributed by atoms with Gasteiger partial charge in [-0.3, -0.25) is 14.4 Å². The van der Waals surface area contributed by atoms with Crippen LogP contribution in [0.5, 0.6) is 0 Å². The van der Waals surface area contributed by atoms with Gasteiger partial charge in [0.25, 0.3) is 6.29 Å². The van der Waals surface area contributed by atoms with Gasteiger partial charge in [0, 0.05) is 20.8 Å². The number of halogens is 2. The van der Waals surface area contributed by atoms with E-state index in [9.17, 15) is 23.2 Å². The lowest BCUT2D eigenvalue weighted by molar-refractivity contribution is -0.344. The van der Waals surface area contributed by atoms with Gasteiger partial charge in [-0.1, -0.05) is 0 Å². The van der Waals surface area contributed by atoms with E-state index >= 15 is 0 Å². The lowest BCUT2D eigenvalue weighted by Crippen LogP contribution is -2.64. The molecule has 0 unspecified atom stereocenters. The molecule has 0 bridgehead atoms. The predicted molar refractivity (Wildman–Crippen MR) is 62.2 cm³/mol. The SMILES string of the molecule is CC(=O)O[C@@H]1[C@H](C)O[C@@H](OC(C)=O)C(F)(F)[C@@H]1OC(C)=O. The van der Waals surface area contributed by atoms with Crippen molar-refractivity contribution >= 4 is 17.9 Å². The number of esters is 3. The number of hydrogen-bond donors (Lipinski definition) is 0. The van der Waals surface area contributed by atoms with E-state index in [1.165, 1.54) is 6.92 Å². The summed E-state index contributed by atoms with van der Waals surface area (Å²) in [6.45, 7) is 4.22. The Bertz CT molecular complexity index is 437. The van der Waals surface area contributed by atoms with E-state index in [2.05, 4.69) is 9.47 Å². The van der Waals surface area contributed by atoms with Gasteiger partial charge < -0.3 is 18.9 Å². The maximum absolute atomic E-state index is 14.3. The Morgan fingerprint density at radius 2 is 1.43 bits per heavy atom. The van der Waals surface area contributed by atoms with Gasteiger partial charge in [-0.05, 0) is 6.92 Å². The second-order valence-corrected chi connectivity index (χ2v) is 4.56. The fraction of sp³-hybridized carbons (Fsp3) is 0.750. The molecule has 0 aromatic heterocycles. The van der Waals surface area contributed by atoms with Crippen LogP contribution in [0.1, 0.15) is 27.7 Å². The Morgan fingerprint density at radius 1 is 0.952 bits per heavy atom. The van der Waals surface area contributed by atoms with Gasteiger partial charge in [-0.25, -0.2) is 0 Å². The molecule has 120 valence electrons. The summed E-state index contributed by atoms with van der Waals surface area (Å²) in [5.74, 6) is -6.69. The highest BCUT2D eigenvalue weighted by molar-refractivity contribution is 5.68. The molecule has 0 aliphatic carbocycles. The van der Waals surface area contributed by atoms with E-state index < -0.39 is 48.4 Å². The van der Waals surface area contributed by atoms with Crippen LogP contribution < -0.4 is 0 Å². The zero-order chi connectivity index (χ0) is 16.4. The van der Waals surface area contributed by atoms with E-state index in [4.69, 9.17) is 9.47 Å². The molecule has 4 atom stereocenters. The minimum Gasteiger partial charge on any atom is -0.456 e. The molecule has 1 rings (SSSR count). The van der Waals surface area contributed by atoms with Crippen LogP contribution >= 0.6 is 0 Å². The zero-order valence-corrected chi connectivity index (χ0v) is 11.9. The van der Waals surface area contributed by atoms with Gasteiger partial charge >= 0.3 is 23.8 Å². The lowest BCUT2D eigenvalue weighted by atomic mass is 9.98.